The summed E-state index contributed by atoms with van der Waals surface area (Å²) >= 11 is 0. The number of oxime groups is 1. The van der Waals surface area contributed by atoms with Crippen LogP contribution in [0.4, 0.5) is 5.69 Å². The number of carbonyl (C=O) groups is 1. The lowest BCUT2D eigenvalue weighted by Crippen LogP contribution is -2.37. The van der Waals surface area contributed by atoms with Crippen molar-refractivity contribution in [1.82, 2.24) is 9.78 Å². The Hall–Kier alpha value is -2.63. The molecule has 6 nitrogen and oxygen atoms in total. The lowest BCUT2D eigenvalue weighted by Gasteiger charge is -2.29. The average molecular weight is 284 g/mol. The van der Waals surface area contributed by atoms with Gasteiger partial charge in [-0.15, -0.1) is 0 Å². The van der Waals surface area contributed by atoms with Crippen molar-refractivity contribution in [1.29, 1.82) is 0 Å². The zero-order valence-corrected chi connectivity index (χ0v) is 11.9. The number of rotatable bonds is 1. The van der Waals surface area contributed by atoms with Gasteiger partial charge in [0, 0.05) is 31.3 Å². The highest BCUT2D eigenvalue weighted by atomic mass is 16.4. The number of carbonyl (C=O) groups excluding carboxylic acids is 1. The molecule has 0 spiro atoms. The van der Waals surface area contributed by atoms with E-state index in [0.717, 1.165) is 16.9 Å². The van der Waals surface area contributed by atoms with Gasteiger partial charge in [-0.25, -0.2) is 0 Å². The van der Waals surface area contributed by atoms with Crippen LogP contribution < -0.4 is 4.90 Å². The van der Waals surface area contributed by atoms with Crippen LogP contribution in [0.2, 0.25) is 0 Å². The summed E-state index contributed by atoms with van der Waals surface area (Å²) in [5, 5.41) is 16.6. The van der Waals surface area contributed by atoms with Gasteiger partial charge in [-0.3, -0.25) is 9.48 Å². The van der Waals surface area contributed by atoms with E-state index >= 15 is 0 Å². The van der Waals surface area contributed by atoms with Gasteiger partial charge in [-0.1, -0.05) is 23.4 Å². The number of hydrogen-bond donors (Lipinski definition) is 1. The molecule has 0 unspecified atom stereocenters. The van der Waals surface area contributed by atoms with Crippen LogP contribution in [-0.2, 0) is 7.05 Å². The van der Waals surface area contributed by atoms with Crippen LogP contribution in [0.5, 0.6) is 0 Å². The molecule has 1 aromatic heterocycles. The summed E-state index contributed by atoms with van der Waals surface area (Å²) < 4.78 is 1.68. The van der Waals surface area contributed by atoms with Crippen molar-refractivity contribution < 1.29 is 10.0 Å². The molecule has 6 heteroatoms. The van der Waals surface area contributed by atoms with Crippen LogP contribution >= 0.6 is 0 Å². The number of para-hydroxylation sites is 1. The first-order valence-corrected chi connectivity index (χ1v) is 6.74. The van der Waals surface area contributed by atoms with Gasteiger partial charge in [0.1, 0.15) is 0 Å². The molecule has 0 atom stereocenters. The first-order valence-electron chi connectivity index (χ1n) is 6.74. The van der Waals surface area contributed by atoms with Crippen LogP contribution in [-0.4, -0.2) is 33.2 Å². The normalized spacial score (nSPS) is 16.1. The van der Waals surface area contributed by atoms with Gasteiger partial charge in [0.2, 0.25) is 0 Å². The van der Waals surface area contributed by atoms with Crippen LogP contribution in [0.15, 0.2) is 35.6 Å². The number of aromatic nitrogens is 2. The molecule has 0 saturated heterocycles. The zero-order valence-electron chi connectivity index (χ0n) is 11.9. The lowest BCUT2D eigenvalue weighted by atomic mass is 9.99. The molecule has 3 rings (SSSR count). The molecule has 0 saturated carbocycles. The Morgan fingerprint density at radius 1 is 1.38 bits per heavy atom. The van der Waals surface area contributed by atoms with Crippen molar-refractivity contribution >= 4 is 17.3 Å². The predicted molar refractivity (Wildman–Crippen MR) is 79.0 cm³/mol. The number of fused-ring (bicyclic) bond motifs is 1. The molecular weight excluding hydrogens is 268 g/mol. The highest BCUT2D eigenvalue weighted by molar-refractivity contribution is 6.14. The maximum atomic E-state index is 12.8. The maximum Gasteiger partial charge on any atom is 0.261 e. The van der Waals surface area contributed by atoms with E-state index in [0.29, 0.717) is 24.2 Å². The van der Waals surface area contributed by atoms with E-state index in [1.165, 1.54) is 0 Å². The Labute approximate surface area is 122 Å². The van der Waals surface area contributed by atoms with Gasteiger partial charge in [-0.05, 0) is 13.0 Å². The highest BCUT2D eigenvalue weighted by Crippen LogP contribution is 2.29. The van der Waals surface area contributed by atoms with Gasteiger partial charge in [0.15, 0.2) is 0 Å². The fourth-order valence-corrected chi connectivity index (χ4v) is 2.59. The van der Waals surface area contributed by atoms with E-state index in [1.807, 2.05) is 38.2 Å². The largest absolute Gasteiger partial charge is 0.411 e. The van der Waals surface area contributed by atoms with Crippen molar-refractivity contribution in [3.63, 3.8) is 0 Å². The molecule has 0 bridgehead atoms. The maximum absolute atomic E-state index is 12.8. The zero-order chi connectivity index (χ0) is 15.0. The van der Waals surface area contributed by atoms with Crippen molar-refractivity contribution in [2.24, 2.45) is 12.2 Å². The number of amides is 1. The van der Waals surface area contributed by atoms with Crippen molar-refractivity contribution in [2.75, 3.05) is 11.4 Å². The molecule has 0 aliphatic carbocycles. The molecule has 21 heavy (non-hydrogen) atoms. The first kappa shape index (κ1) is 13.4. The fourth-order valence-electron chi connectivity index (χ4n) is 2.59. The predicted octanol–water partition coefficient (Wildman–Crippen LogP) is 1.96. The minimum Gasteiger partial charge on any atom is -0.411 e. The van der Waals surface area contributed by atoms with E-state index in [4.69, 9.17) is 5.21 Å². The Balaban J connectivity index is 2.04. The van der Waals surface area contributed by atoms with Crippen molar-refractivity contribution in [2.45, 2.75) is 13.3 Å². The van der Waals surface area contributed by atoms with E-state index in [1.54, 1.807) is 15.8 Å². The van der Waals surface area contributed by atoms with E-state index in [9.17, 15) is 4.79 Å². The third kappa shape index (κ3) is 2.08. The third-order valence-corrected chi connectivity index (χ3v) is 3.91. The molecule has 1 aliphatic rings. The molecule has 0 radical (unpaired) electrons. The van der Waals surface area contributed by atoms with Gasteiger partial charge in [0.05, 0.1) is 23.2 Å². The molecule has 1 amide bonds. The lowest BCUT2D eigenvalue weighted by molar-refractivity contribution is 0.0986. The number of nitrogens with zero attached hydrogens (tertiary/aromatic N) is 4. The van der Waals surface area contributed by atoms with Crippen molar-refractivity contribution in [3.8, 4) is 0 Å². The molecule has 1 N–H and O–H groups in total. The van der Waals surface area contributed by atoms with Crippen molar-refractivity contribution in [3.05, 3.63) is 47.3 Å². The second-order valence-corrected chi connectivity index (χ2v) is 5.04. The van der Waals surface area contributed by atoms with Crippen LogP contribution in [0.3, 0.4) is 0 Å². The van der Waals surface area contributed by atoms with Crippen LogP contribution in [0.25, 0.3) is 0 Å². The summed E-state index contributed by atoms with van der Waals surface area (Å²) in [4.78, 5) is 14.5. The molecular formula is C15H16N4O2. The summed E-state index contributed by atoms with van der Waals surface area (Å²) in [5.74, 6) is -0.0787. The van der Waals surface area contributed by atoms with E-state index in [-0.39, 0.29) is 5.91 Å². The standard InChI is InChI=1S/C15H16N4O2/c1-10-12(9-16-18(10)2)15(20)19-8-7-13(17-21)11-5-3-4-6-14(11)19/h3-6,9,21H,7-8H2,1-2H3. The van der Waals surface area contributed by atoms with Gasteiger partial charge >= 0.3 is 0 Å². The van der Waals surface area contributed by atoms with Gasteiger partial charge in [-0.2, -0.15) is 5.10 Å². The smallest absolute Gasteiger partial charge is 0.261 e. The second-order valence-electron chi connectivity index (χ2n) is 5.04. The molecule has 108 valence electrons. The van der Waals surface area contributed by atoms with Crippen LogP contribution in [0.1, 0.15) is 28.0 Å². The molecule has 1 aromatic carbocycles. The minimum atomic E-state index is -0.0787. The summed E-state index contributed by atoms with van der Waals surface area (Å²) in [7, 11) is 1.81. The van der Waals surface area contributed by atoms with E-state index in [2.05, 4.69) is 10.3 Å². The Morgan fingerprint density at radius 3 is 2.81 bits per heavy atom. The van der Waals surface area contributed by atoms with Gasteiger partial charge in [0.25, 0.3) is 5.91 Å². The first-order chi connectivity index (χ1) is 10.1. The quantitative estimate of drug-likeness (QED) is 0.642. The molecule has 2 heterocycles. The molecule has 0 fully saturated rings. The summed E-state index contributed by atoms with van der Waals surface area (Å²) in [6, 6.07) is 7.46. The topological polar surface area (TPSA) is 70.7 Å². The third-order valence-electron chi connectivity index (χ3n) is 3.91. The molecule has 1 aliphatic heterocycles. The monoisotopic (exact) mass is 284 g/mol. The minimum absolute atomic E-state index is 0.0787. The average Bonchev–Trinajstić information content (AvgIpc) is 2.85. The SMILES string of the molecule is Cc1c(C(=O)N2CCC(=NO)c3ccccc32)cnn1C. The number of hydrogen-bond acceptors (Lipinski definition) is 4. The fraction of sp³-hybridized carbons (Fsp3) is 0.267. The number of benzene rings is 1. The highest BCUT2D eigenvalue weighted by Gasteiger charge is 2.28. The van der Waals surface area contributed by atoms with Crippen LogP contribution in [0, 0.1) is 6.92 Å². The summed E-state index contributed by atoms with van der Waals surface area (Å²) in [6.45, 7) is 2.36. The Morgan fingerprint density at radius 2 is 2.14 bits per heavy atom. The molecule has 2 aromatic rings. The number of anilines is 1. The Kier molecular flexibility index (Phi) is 3.21. The second kappa shape index (κ2) is 5.05. The Bertz CT molecular complexity index is 733. The number of aryl methyl sites for hydroxylation is 1. The van der Waals surface area contributed by atoms with E-state index < -0.39 is 0 Å². The summed E-state index contributed by atoms with van der Waals surface area (Å²) in [6.07, 6.45) is 2.12. The van der Waals surface area contributed by atoms with Gasteiger partial charge < -0.3 is 10.1 Å². The summed E-state index contributed by atoms with van der Waals surface area (Å²) in [5.41, 5.74) is 3.60.